The van der Waals surface area contributed by atoms with Crippen molar-refractivity contribution in [3.05, 3.63) is 65.7 Å². The van der Waals surface area contributed by atoms with E-state index in [0.717, 1.165) is 22.7 Å². The number of benzene rings is 1. The van der Waals surface area contributed by atoms with E-state index in [1.54, 1.807) is 0 Å². The van der Waals surface area contributed by atoms with Gasteiger partial charge in [0.25, 0.3) is 5.89 Å². The Balaban J connectivity index is 1.57. The van der Waals surface area contributed by atoms with Crippen LogP contribution in [0.3, 0.4) is 0 Å². The summed E-state index contributed by atoms with van der Waals surface area (Å²) in [5, 5.41) is 8.45. The van der Waals surface area contributed by atoms with Crippen molar-refractivity contribution in [1.82, 2.24) is 19.9 Å². The Morgan fingerprint density at radius 2 is 1.88 bits per heavy atom. The van der Waals surface area contributed by atoms with E-state index in [0.29, 0.717) is 24.0 Å². The maximum absolute atomic E-state index is 5.83. The van der Waals surface area contributed by atoms with E-state index in [1.165, 1.54) is 0 Å². The average molecular weight is 320 g/mol. The Morgan fingerprint density at radius 1 is 1.04 bits per heavy atom. The predicted molar refractivity (Wildman–Crippen MR) is 88.2 cm³/mol. The summed E-state index contributed by atoms with van der Waals surface area (Å²) in [5.41, 5.74) is 2.99. The lowest BCUT2D eigenvalue weighted by molar-refractivity contribution is 0.408. The van der Waals surface area contributed by atoms with E-state index in [-0.39, 0.29) is 0 Å². The van der Waals surface area contributed by atoms with Crippen molar-refractivity contribution in [3.8, 4) is 23.0 Å². The van der Waals surface area contributed by atoms with Crippen molar-refractivity contribution in [2.45, 2.75) is 20.4 Å². The van der Waals surface area contributed by atoms with Crippen molar-refractivity contribution in [2.24, 2.45) is 0 Å². The largest absolute Gasteiger partial charge is 0.454 e. The van der Waals surface area contributed by atoms with Gasteiger partial charge in [0.1, 0.15) is 5.76 Å². The lowest BCUT2D eigenvalue weighted by Gasteiger charge is -2.00. The number of nitrogens with zero attached hydrogens (tertiary/aromatic N) is 4. The molecule has 0 aliphatic heterocycles. The van der Waals surface area contributed by atoms with Crippen LogP contribution >= 0.6 is 0 Å². The molecule has 0 amide bonds. The topological polar surface area (TPSA) is 69.9 Å². The minimum absolute atomic E-state index is 0.369. The molecule has 0 spiro atoms. The third-order valence-electron chi connectivity index (χ3n) is 3.74. The summed E-state index contributed by atoms with van der Waals surface area (Å²) in [6.07, 6.45) is 0. The molecular weight excluding hydrogens is 304 g/mol. The van der Waals surface area contributed by atoms with Gasteiger partial charge in [-0.1, -0.05) is 35.5 Å². The summed E-state index contributed by atoms with van der Waals surface area (Å²) >= 11 is 0. The molecule has 1 aromatic carbocycles. The van der Waals surface area contributed by atoms with Gasteiger partial charge in [0.05, 0.1) is 12.2 Å². The molecule has 0 N–H and O–H groups in total. The van der Waals surface area contributed by atoms with Gasteiger partial charge in [0.15, 0.2) is 5.76 Å². The van der Waals surface area contributed by atoms with Crippen molar-refractivity contribution in [2.75, 3.05) is 0 Å². The molecule has 120 valence electrons. The molecule has 0 atom stereocenters. The van der Waals surface area contributed by atoms with E-state index in [4.69, 9.17) is 8.94 Å². The lowest BCUT2D eigenvalue weighted by atomic mass is 10.2. The molecule has 6 nitrogen and oxygen atoms in total. The molecule has 24 heavy (non-hydrogen) atoms. The lowest BCUT2D eigenvalue weighted by Crippen LogP contribution is -2.02. The molecule has 0 unspecified atom stereocenters. The van der Waals surface area contributed by atoms with Crippen LogP contribution in [-0.4, -0.2) is 19.9 Å². The second-order valence-electron chi connectivity index (χ2n) is 5.64. The Hall–Kier alpha value is -3.15. The monoisotopic (exact) mass is 320 g/mol. The zero-order chi connectivity index (χ0) is 16.5. The maximum Gasteiger partial charge on any atom is 0.293 e. The third-order valence-corrected chi connectivity index (χ3v) is 3.74. The van der Waals surface area contributed by atoms with Gasteiger partial charge in [-0.2, -0.15) is 10.1 Å². The SMILES string of the molecule is Cc1cc(C)n(Cc2ccc(-c3nc(-c4ccccc4)no3)o2)n1. The molecule has 3 heterocycles. The van der Waals surface area contributed by atoms with Gasteiger partial charge in [-0.3, -0.25) is 4.68 Å². The zero-order valence-corrected chi connectivity index (χ0v) is 13.4. The first-order valence-electron chi connectivity index (χ1n) is 7.68. The van der Waals surface area contributed by atoms with Crippen molar-refractivity contribution in [1.29, 1.82) is 0 Å². The van der Waals surface area contributed by atoms with Gasteiger partial charge < -0.3 is 8.94 Å². The van der Waals surface area contributed by atoms with Crippen LogP contribution in [0.15, 0.2) is 57.5 Å². The van der Waals surface area contributed by atoms with Crippen LogP contribution in [0.25, 0.3) is 23.0 Å². The number of hydrogen-bond acceptors (Lipinski definition) is 5. The second kappa shape index (κ2) is 5.81. The standard InChI is InChI=1S/C18H16N4O2/c1-12-10-13(2)22(20-12)11-15-8-9-16(23-15)18-19-17(21-24-18)14-6-4-3-5-7-14/h3-10H,11H2,1-2H3. The van der Waals surface area contributed by atoms with Crippen LogP contribution in [0.2, 0.25) is 0 Å². The van der Waals surface area contributed by atoms with E-state index in [1.807, 2.05) is 67.1 Å². The molecule has 4 rings (SSSR count). The molecule has 0 radical (unpaired) electrons. The molecule has 0 saturated carbocycles. The highest BCUT2D eigenvalue weighted by atomic mass is 16.5. The smallest absolute Gasteiger partial charge is 0.293 e. The minimum Gasteiger partial charge on any atom is -0.454 e. The Morgan fingerprint density at radius 3 is 2.62 bits per heavy atom. The fraction of sp³-hybridized carbons (Fsp3) is 0.167. The van der Waals surface area contributed by atoms with E-state index in [2.05, 4.69) is 15.2 Å². The second-order valence-corrected chi connectivity index (χ2v) is 5.64. The zero-order valence-electron chi connectivity index (χ0n) is 13.4. The summed E-state index contributed by atoms with van der Waals surface area (Å²) in [4.78, 5) is 4.40. The quantitative estimate of drug-likeness (QED) is 0.571. The fourth-order valence-corrected chi connectivity index (χ4v) is 2.59. The van der Waals surface area contributed by atoms with Crippen LogP contribution in [-0.2, 0) is 6.54 Å². The van der Waals surface area contributed by atoms with Gasteiger partial charge >= 0.3 is 0 Å². The molecular formula is C18H16N4O2. The number of aryl methyl sites for hydroxylation is 2. The summed E-state index contributed by atoms with van der Waals surface area (Å²) in [7, 11) is 0. The number of hydrogen-bond donors (Lipinski definition) is 0. The molecule has 4 aromatic rings. The highest BCUT2D eigenvalue weighted by Gasteiger charge is 2.14. The predicted octanol–water partition coefficient (Wildman–Crippen LogP) is 3.86. The molecule has 0 saturated heterocycles. The molecule has 0 aliphatic rings. The Kier molecular flexibility index (Phi) is 3.49. The molecule has 3 aromatic heterocycles. The van der Waals surface area contributed by atoms with Crippen molar-refractivity contribution in [3.63, 3.8) is 0 Å². The van der Waals surface area contributed by atoms with Crippen molar-refractivity contribution >= 4 is 0 Å². The Labute approximate surface area is 138 Å². The number of furan rings is 1. The van der Waals surface area contributed by atoms with E-state index >= 15 is 0 Å². The van der Waals surface area contributed by atoms with Gasteiger partial charge in [0, 0.05) is 11.3 Å². The first-order chi connectivity index (χ1) is 11.7. The summed E-state index contributed by atoms with van der Waals surface area (Å²) in [6, 6.07) is 15.5. The van der Waals surface area contributed by atoms with Gasteiger partial charge in [-0.15, -0.1) is 0 Å². The molecule has 6 heteroatoms. The van der Waals surface area contributed by atoms with Gasteiger partial charge in [-0.05, 0) is 32.0 Å². The van der Waals surface area contributed by atoms with Gasteiger partial charge in [-0.25, -0.2) is 0 Å². The Bertz CT molecular complexity index is 966. The van der Waals surface area contributed by atoms with Crippen LogP contribution in [0.4, 0.5) is 0 Å². The fourth-order valence-electron chi connectivity index (χ4n) is 2.59. The number of rotatable bonds is 4. The van der Waals surface area contributed by atoms with Crippen LogP contribution < -0.4 is 0 Å². The normalized spacial score (nSPS) is 11.1. The van der Waals surface area contributed by atoms with Crippen LogP contribution in [0.1, 0.15) is 17.1 Å². The first kappa shape index (κ1) is 14.4. The molecule has 0 bridgehead atoms. The summed E-state index contributed by atoms with van der Waals surface area (Å²) in [5.74, 6) is 2.26. The van der Waals surface area contributed by atoms with Gasteiger partial charge in [0.2, 0.25) is 5.82 Å². The summed E-state index contributed by atoms with van der Waals surface area (Å²) < 4.78 is 13.1. The van der Waals surface area contributed by atoms with E-state index < -0.39 is 0 Å². The van der Waals surface area contributed by atoms with E-state index in [9.17, 15) is 0 Å². The third kappa shape index (κ3) is 2.74. The van der Waals surface area contributed by atoms with Crippen molar-refractivity contribution < 1.29 is 8.94 Å². The molecule has 0 aliphatic carbocycles. The summed E-state index contributed by atoms with van der Waals surface area (Å²) in [6.45, 7) is 4.56. The van der Waals surface area contributed by atoms with Crippen LogP contribution in [0.5, 0.6) is 0 Å². The number of aromatic nitrogens is 4. The highest BCUT2D eigenvalue weighted by molar-refractivity contribution is 5.57. The maximum atomic E-state index is 5.83. The molecule has 0 fully saturated rings. The van der Waals surface area contributed by atoms with Crippen LogP contribution in [0, 0.1) is 13.8 Å². The first-order valence-corrected chi connectivity index (χ1v) is 7.68. The highest BCUT2D eigenvalue weighted by Crippen LogP contribution is 2.24. The average Bonchev–Trinajstić information content (AvgIpc) is 3.29. The minimum atomic E-state index is 0.369.